The van der Waals surface area contributed by atoms with Gasteiger partial charge in [0, 0.05) is 6.54 Å². The fraction of sp³-hybridized carbons (Fsp3) is 0.938. The maximum absolute atomic E-state index is 12.3. The van der Waals surface area contributed by atoms with Gasteiger partial charge in [-0.2, -0.15) is 0 Å². The third-order valence-corrected chi connectivity index (χ3v) is 4.07. The van der Waals surface area contributed by atoms with E-state index in [-0.39, 0.29) is 12.1 Å². The van der Waals surface area contributed by atoms with Crippen LogP contribution in [0.5, 0.6) is 0 Å². The van der Waals surface area contributed by atoms with E-state index >= 15 is 0 Å². The number of piperidine rings is 2. The van der Waals surface area contributed by atoms with E-state index in [9.17, 15) is 4.79 Å². The standard InChI is InChI=1S/C16H30N2O3/c1-16(2,3)21-15(19)18-11-5-4-6-13(18)12-20-14-7-9-17-10-8-14/h13-14,17H,4-12H2,1-3H3. The second kappa shape index (κ2) is 7.45. The summed E-state index contributed by atoms with van der Waals surface area (Å²) in [5, 5.41) is 3.34. The number of amides is 1. The van der Waals surface area contributed by atoms with Crippen molar-refractivity contribution in [2.24, 2.45) is 0 Å². The summed E-state index contributed by atoms with van der Waals surface area (Å²) in [7, 11) is 0. The summed E-state index contributed by atoms with van der Waals surface area (Å²) in [5.41, 5.74) is -0.436. The minimum atomic E-state index is -0.436. The van der Waals surface area contributed by atoms with Crippen LogP contribution < -0.4 is 5.32 Å². The summed E-state index contributed by atoms with van der Waals surface area (Å²) in [6.45, 7) is 9.23. The molecule has 1 amide bonds. The number of nitrogens with zero attached hydrogens (tertiary/aromatic N) is 1. The molecule has 1 atom stereocenters. The van der Waals surface area contributed by atoms with E-state index in [0.29, 0.717) is 12.7 Å². The molecular weight excluding hydrogens is 268 g/mol. The minimum Gasteiger partial charge on any atom is -0.444 e. The van der Waals surface area contributed by atoms with E-state index in [1.165, 1.54) is 6.42 Å². The quantitative estimate of drug-likeness (QED) is 0.870. The Labute approximate surface area is 128 Å². The first-order chi connectivity index (χ1) is 9.96. The molecule has 0 bridgehead atoms. The topological polar surface area (TPSA) is 50.8 Å². The molecular formula is C16H30N2O3. The number of rotatable bonds is 3. The van der Waals surface area contributed by atoms with Gasteiger partial charge in [0.25, 0.3) is 0 Å². The molecule has 0 saturated carbocycles. The van der Waals surface area contributed by atoms with Crippen molar-refractivity contribution < 1.29 is 14.3 Å². The average molecular weight is 298 g/mol. The highest BCUT2D eigenvalue weighted by molar-refractivity contribution is 5.68. The molecule has 2 fully saturated rings. The van der Waals surface area contributed by atoms with Crippen molar-refractivity contribution in [3.05, 3.63) is 0 Å². The molecule has 2 rings (SSSR count). The average Bonchev–Trinajstić information content (AvgIpc) is 2.45. The van der Waals surface area contributed by atoms with Crippen LogP contribution in [-0.4, -0.2) is 55.0 Å². The van der Waals surface area contributed by atoms with Crippen molar-refractivity contribution in [1.29, 1.82) is 0 Å². The fourth-order valence-corrected chi connectivity index (χ4v) is 2.94. The zero-order chi connectivity index (χ0) is 15.3. The van der Waals surface area contributed by atoms with Gasteiger partial charge >= 0.3 is 6.09 Å². The highest BCUT2D eigenvalue weighted by Crippen LogP contribution is 2.21. The maximum Gasteiger partial charge on any atom is 0.410 e. The Bertz CT molecular complexity index is 335. The Kier molecular flexibility index (Phi) is 5.88. The molecule has 0 aromatic rings. The van der Waals surface area contributed by atoms with Gasteiger partial charge in [0.05, 0.1) is 18.8 Å². The lowest BCUT2D eigenvalue weighted by Gasteiger charge is -2.37. The lowest BCUT2D eigenvalue weighted by molar-refractivity contribution is -0.0301. The van der Waals surface area contributed by atoms with E-state index in [1.807, 2.05) is 25.7 Å². The van der Waals surface area contributed by atoms with Gasteiger partial charge in [0.2, 0.25) is 0 Å². The van der Waals surface area contributed by atoms with Crippen molar-refractivity contribution in [3.63, 3.8) is 0 Å². The molecule has 1 unspecified atom stereocenters. The van der Waals surface area contributed by atoms with Gasteiger partial charge in [-0.15, -0.1) is 0 Å². The van der Waals surface area contributed by atoms with Crippen molar-refractivity contribution in [1.82, 2.24) is 10.2 Å². The lowest BCUT2D eigenvalue weighted by atomic mass is 10.0. The van der Waals surface area contributed by atoms with Crippen LogP contribution >= 0.6 is 0 Å². The second-order valence-electron chi connectivity index (χ2n) is 7.11. The fourth-order valence-electron chi connectivity index (χ4n) is 2.94. The summed E-state index contributed by atoms with van der Waals surface area (Å²) < 4.78 is 11.6. The van der Waals surface area contributed by atoms with Crippen molar-refractivity contribution in [3.8, 4) is 0 Å². The van der Waals surface area contributed by atoms with Crippen molar-refractivity contribution in [2.45, 2.75) is 70.6 Å². The van der Waals surface area contributed by atoms with E-state index in [2.05, 4.69) is 5.32 Å². The Morgan fingerprint density at radius 2 is 1.90 bits per heavy atom. The van der Waals surface area contributed by atoms with Crippen LogP contribution in [0.3, 0.4) is 0 Å². The number of nitrogens with one attached hydrogen (secondary N) is 1. The largest absolute Gasteiger partial charge is 0.444 e. The van der Waals surface area contributed by atoms with Gasteiger partial charge in [-0.05, 0) is 66.0 Å². The Morgan fingerprint density at radius 1 is 1.19 bits per heavy atom. The van der Waals surface area contributed by atoms with Crippen LogP contribution in [0.2, 0.25) is 0 Å². The number of hydrogen-bond acceptors (Lipinski definition) is 4. The highest BCUT2D eigenvalue weighted by Gasteiger charge is 2.31. The van der Waals surface area contributed by atoms with Crippen LogP contribution in [0.15, 0.2) is 0 Å². The van der Waals surface area contributed by atoms with Gasteiger partial charge in [0.15, 0.2) is 0 Å². The molecule has 2 aliphatic heterocycles. The van der Waals surface area contributed by atoms with Gasteiger partial charge in [0.1, 0.15) is 5.60 Å². The Balaban J connectivity index is 1.84. The molecule has 2 saturated heterocycles. The van der Waals surface area contributed by atoms with Gasteiger partial charge in [-0.1, -0.05) is 0 Å². The summed E-state index contributed by atoms with van der Waals surface area (Å²) in [4.78, 5) is 14.2. The number of ether oxygens (including phenoxy) is 2. The van der Waals surface area contributed by atoms with Crippen molar-refractivity contribution in [2.75, 3.05) is 26.2 Å². The molecule has 5 heteroatoms. The molecule has 0 aliphatic carbocycles. The third-order valence-electron chi connectivity index (χ3n) is 4.07. The SMILES string of the molecule is CC(C)(C)OC(=O)N1CCCCC1COC1CCNCC1. The van der Waals surface area contributed by atoms with Gasteiger partial charge in [-0.3, -0.25) is 0 Å². The summed E-state index contributed by atoms with van der Waals surface area (Å²) in [6, 6.07) is 0.170. The number of carbonyl (C=O) groups is 1. The zero-order valence-corrected chi connectivity index (χ0v) is 13.7. The second-order valence-corrected chi connectivity index (χ2v) is 7.11. The van der Waals surface area contributed by atoms with Crippen LogP contribution in [0.25, 0.3) is 0 Å². The molecule has 0 radical (unpaired) electrons. The normalized spacial score (nSPS) is 24.9. The van der Waals surface area contributed by atoms with E-state index < -0.39 is 5.60 Å². The third kappa shape index (κ3) is 5.47. The highest BCUT2D eigenvalue weighted by atomic mass is 16.6. The van der Waals surface area contributed by atoms with E-state index in [4.69, 9.17) is 9.47 Å². The molecule has 21 heavy (non-hydrogen) atoms. The Morgan fingerprint density at radius 3 is 2.57 bits per heavy atom. The maximum atomic E-state index is 12.3. The van der Waals surface area contributed by atoms with Crippen molar-refractivity contribution >= 4 is 6.09 Å². The number of hydrogen-bond donors (Lipinski definition) is 1. The van der Waals surface area contributed by atoms with Gasteiger partial charge in [-0.25, -0.2) is 4.79 Å². The molecule has 2 heterocycles. The van der Waals surface area contributed by atoms with Gasteiger partial charge < -0.3 is 19.7 Å². The predicted octanol–water partition coefficient (Wildman–Crippen LogP) is 2.54. The molecule has 2 aliphatic rings. The monoisotopic (exact) mass is 298 g/mol. The van der Waals surface area contributed by atoms with Crippen LogP contribution in [0.4, 0.5) is 4.79 Å². The molecule has 1 N–H and O–H groups in total. The number of likely N-dealkylation sites (tertiary alicyclic amines) is 1. The zero-order valence-electron chi connectivity index (χ0n) is 13.7. The lowest BCUT2D eigenvalue weighted by Crippen LogP contribution is -2.48. The summed E-state index contributed by atoms with van der Waals surface area (Å²) in [6.07, 6.45) is 5.53. The van der Waals surface area contributed by atoms with Crippen LogP contribution in [0, 0.1) is 0 Å². The number of carbonyl (C=O) groups excluding carboxylic acids is 1. The molecule has 0 aromatic carbocycles. The first kappa shape index (κ1) is 16.6. The summed E-state index contributed by atoms with van der Waals surface area (Å²) >= 11 is 0. The molecule has 122 valence electrons. The Hall–Kier alpha value is -0.810. The first-order valence-corrected chi connectivity index (χ1v) is 8.27. The molecule has 0 spiro atoms. The first-order valence-electron chi connectivity index (χ1n) is 8.27. The van der Waals surface area contributed by atoms with E-state index in [0.717, 1.165) is 45.3 Å². The molecule has 5 nitrogen and oxygen atoms in total. The van der Waals surface area contributed by atoms with E-state index in [1.54, 1.807) is 0 Å². The molecule has 0 aromatic heterocycles. The minimum absolute atomic E-state index is 0.170. The van der Waals surface area contributed by atoms with Crippen LogP contribution in [-0.2, 0) is 9.47 Å². The van der Waals surface area contributed by atoms with Crippen LogP contribution in [0.1, 0.15) is 52.9 Å². The smallest absolute Gasteiger partial charge is 0.410 e. The predicted molar refractivity (Wildman–Crippen MR) is 82.4 cm³/mol. The summed E-state index contributed by atoms with van der Waals surface area (Å²) in [5.74, 6) is 0.